The van der Waals surface area contributed by atoms with Gasteiger partial charge in [-0.15, -0.1) is 0 Å². The molecular formula is C55H91N4O41-. The van der Waals surface area contributed by atoms with E-state index in [0.29, 0.717) is 0 Å². The van der Waals surface area contributed by atoms with Gasteiger partial charge < -0.3 is 205 Å². The van der Waals surface area contributed by atoms with Crippen LogP contribution in [-0.2, 0) is 90.3 Å². The molecule has 37 atom stereocenters. The standard InChI is InChI=1S/C55H92N4O41/c1-15(68)57-27-19(71)4-55(54(85)86,99-45(27)30(73)20(72)6-61)100-47-33(76)22(8-63)90-53(41(47)84)96-42-23(9-64)91-48(28(34(42)77)58-16(2)69)88-13-26-31(74)36(79)38(81)51(94-26)95-43-24(10-65)92-49(29(35(43)78)59-17(3)70)98-46-32(75)21(7-62)89-52(40(46)83)97-44-25(11-66)93-50(39(82)37(44)80)87-12-18(5-60)56-14-67/h14,18-53,60-66,71-84H,4-13H2,1-3H3,(H,56,67)(H,57,68)(H,58,69)(H,59,70)(H,85,86)/p-1/t18-,19+,20-,21-,22-,23-,24-,25-,26-,27-,28-,29-,30-,31+,32+,33+,34-,35-,36+,37-,38-,39-,40-,41-,42-,43-,44-,45-,46+,47+,48-,49+,50-,51+,52+,53+,55+/m1/s1. The number of carboxylic acids is 1. The van der Waals surface area contributed by atoms with Gasteiger partial charge >= 0.3 is 0 Å². The summed E-state index contributed by atoms with van der Waals surface area (Å²) in [6.45, 7) is -5.77. The molecule has 578 valence electrons. The summed E-state index contributed by atoms with van der Waals surface area (Å²) in [5, 5.41) is 251. The number of amides is 4. The normalized spacial score (nSPS) is 45.0. The number of carboxylic acid groups (broad SMARTS) is 1. The number of aliphatic hydroxyl groups is 21. The van der Waals surface area contributed by atoms with Crippen molar-refractivity contribution in [1.82, 2.24) is 21.3 Å². The number of hydrogen-bond donors (Lipinski definition) is 25. The number of aliphatic hydroxyl groups excluding tert-OH is 21. The first-order valence-electron chi connectivity index (χ1n) is 31.4. The van der Waals surface area contributed by atoms with Crippen LogP contribution in [0.1, 0.15) is 27.2 Å². The van der Waals surface area contributed by atoms with Gasteiger partial charge in [0.05, 0.1) is 77.6 Å². The van der Waals surface area contributed by atoms with Crippen LogP contribution in [0.3, 0.4) is 0 Å². The van der Waals surface area contributed by atoms with Crippen molar-refractivity contribution in [3.63, 3.8) is 0 Å². The molecule has 25 N–H and O–H groups in total. The smallest absolute Gasteiger partial charge is 0.217 e. The van der Waals surface area contributed by atoms with Crippen LogP contribution >= 0.6 is 0 Å². The van der Waals surface area contributed by atoms with Crippen LogP contribution in [0.25, 0.3) is 0 Å². The zero-order chi connectivity index (χ0) is 74.1. The lowest BCUT2D eigenvalue weighted by atomic mass is 9.88. The number of aliphatic carboxylic acids is 1. The van der Waals surface area contributed by atoms with Crippen molar-refractivity contribution in [3.05, 3.63) is 0 Å². The van der Waals surface area contributed by atoms with Crippen molar-refractivity contribution in [2.75, 3.05) is 59.5 Å². The minimum absolute atomic E-state index is 0.260. The van der Waals surface area contributed by atoms with Gasteiger partial charge in [0.25, 0.3) is 0 Å². The Kier molecular flexibility index (Phi) is 30.6. The van der Waals surface area contributed by atoms with E-state index in [1.54, 1.807) is 0 Å². The molecule has 0 aromatic rings. The first-order valence-corrected chi connectivity index (χ1v) is 31.4. The first-order chi connectivity index (χ1) is 47.3. The molecule has 0 radical (unpaired) electrons. The fraction of sp³-hybridized carbons (Fsp3) is 0.909. The Labute approximate surface area is 565 Å². The molecule has 0 aliphatic carbocycles. The number of carbonyl (C=O) groups is 5. The molecule has 0 bridgehead atoms. The summed E-state index contributed by atoms with van der Waals surface area (Å²) >= 11 is 0. The molecule has 7 heterocycles. The van der Waals surface area contributed by atoms with E-state index in [2.05, 4.69) is 21.3 Å². The van der Waals surface area contributed by atoms with E-state index >= 15 is 0 Å². The quantitative estimate of drug-likeness (QED) is 0.0287. The van der Waals surface area contributed by atoms with Gasteiger partial charge in [0, 0.05) is 27.2 Å². The second-order valence-corrected chi connectivity index (χ2v) is 24.7. The number of rotatable bonds is 31. The summed E-state index contributed by atoms with van der Waals surface area (Å²) in [4.78, 5) is 61.4. The maximum Gasteiger partial charge on any atom is 0.217 e. The van der Waals surface area contributed by atoms with Crippen LogP contribution in [0, 0.1) is 0 Å². The summed E-state index contributed by atoms with van der Waals surface area (Å²) < 4.78 is 80.3. The van der Waals surface area contributed by atoms with Crippen molar-refractivity contribution < 1.29 is 203 Å². The SMILES string of the molecule is CC(=O)N[C@H]1[C@H](O[C@H]2[C@@H](O)[C@@H](CO)O[C@@H](O[C@H]3[C@H](O)[C@@H](O)[C@H](OC[C@@H](CO)NC=O)O[C@@H]3CO)[C@@H]2O)O[C@H](CO)[C@@H](O[C@@H]2O[C@H](CO[C@@H]3O[C@H](CO)[C@@H](O[C@@H]4O[C@H](CO)[C@H](O)[C@H](O[C@]5(C(=O)[O-])C[C@H](O)[C@@H](NC(C)=O)[C@H]([C@H](O)[C@H](O)CO)O5)[C@H]4O)[C@H](O)[C@H]3NC(C)=O)[C@H](O)[C@H](O)[C@H]2O)[C@@H]1O. The van der Waals surface area contributed by atoms with Crippen molar-refractivity contribution in [2.24, 2.45) is 0 Å². The molecule has 45 nitrogen and oxygen atoms in total. The highest BCUT2D eigenvalue weighted by Crippen LogP contribution is 2.40. The van der Waals surface area contributed by atoms with E-state index in [0.717, 1.165) is 20.8 Å². The highest BCUT2D eigenvalue weighted by atomic mass is 16.8. The summed E-state index contributed by atoms with van der Waals surface area (Å²) in [6.07, 6.45) is -66.6. The van der Waals surface area contributed by atoms with Gasteiger partial charge in [-0.05, 0) is 0 Å². The third-order valence-electron chi connectivity index (χ3n) is 17.7. The molecule has 100 heavy (non-hydrogen) atoms. The number of carbonyl (C=O) groups excluding carboxylic acids is 5. The highest BCUT2D eigenvalue weighted by molar-refractivity contribution is 5.75. The third-order valence-corrected chi connectivity index (χ3v) is 17.7. The van der Waals surface area contributed by atoms with E-state index < -0.39 is 316 Å². The Balaban J connectivity index is 1.04. The van der Waals surface area contributed by atoms with E-state index in [1.165, 1.54) is 0 Å². The second kappa shape index (κ2) is 36.8. The molecule has 7 aliphatic rings. The molecule has 0 unspecified atom stereocenters. The van der Waals surface area contributed by atoms with Gasteiger partial charge in [0.2, 0.25) is 29.9 Å². The number of ether oxygens (including phenoxy) is 14. The minimum atomic E-state index is -3.33. The van der Waals surface area contributed by atoms with Crippen molar-refractivity contribution >= 4 is 30.1 Å². The van der Waals surface area contributed by atoms with Crippen LogP contribution < -0.4 is 26.4 Å². The largest absolute Gasteiger partial charge is 0.544 e. The average Bonchev–Trinajstić information content (AvgIpc) is 0.758. The molecule has 0 aromatic carbocycles. The van der Waals surface area contributed by atoms with Crippen LogP contribution in [0.5, 0.6) is 0 Å². The zero-order valence-corrected chi connectivity index (χ0v) is 53.5. The summed E-state index contributed by atoms with van der Waals surface area (Å²) in [6, 6.07) is -6.41. The van der Waals surface area contributed by atoms with Crippen molar-refractivity contribution in [2.45, 2.75) is 254 Å². The maximum absolute atomic E-state index is 13.0. The molecule has 0 spiro atoms. The Bertz CT molecular complexity index is 2600. The number of nitrogens with one attached hydrogen (secondary N) is 4. The molecule has 7 fully saturated rings. The summed E-state index contributed by atoms with van der Waals surface area (Å²) in [5.74, 6) is -8.35. The molecule has 0 saturated carbocycles. The van der Waals surface area contributed by atoms with Crippen LogP contribution in [0.4, 0.5) is 0 Å². The summed E-state index contributed by atoms with van der Waals surface area (Å²) in [5.41, 5.74) is 0. The van der Waals surface area contributed by atoms with E-state index in [-0.39, 0.29) is 6.41 Å². The molecule has 7 aliphatic heterocycles. The fourth-order valence-corrected chi connectivity index (χ4v) is 12.4. The predicted octanol–water partition coefficient (Wildman–Crippen LogP) is -18.8. The third kappa shape index (κ3) is 18.8. The zero-order valence-electron chi connectivity index (χ0n) is 53.5. The average molecular weight is 1460 g/mol. The summed E-state index contributed by atoms with van der Waals surface area (Å²) in [7, 11) is 0. The van der Waals surface area contributed by atoms with Crippen LogP contribution in [0.2, 0.25) is 0 Å². The number of hydrogen-bond acceptors (Lipinski definition) is 41. The lowest BCUT2D eigenvalue weighted by Crippen LogP contribution is -2.72. The van der Waals surface area contributed by atoms with E-state index in [4.69, 9.17) is 66.3 Å². The van der Waals surface area contributed by atoms with Crippen molar-refractivity contribution in [1.29, 1.82) is 0 Å². The van der Waals surface area contributed by atoms with Crippen LogP contribution in [0.15, 0.2) is 0 Å². The molecule has 7 saturated heterocycles. The molecule has 0 aromatic heterocycles. The maximum atomic E-state index is 13.0. The van der Waals surface area contributed by atoms with Gasteiger partial charge in [-0.25, -0.2) is 0 Å². The second-order valence-electron chi connectivity index (χ2n) is 24.7. The van der Waals surface area contributed by atoms with Crippen LogP contribution in [-0.4, -0.2) is 423 Å². The van der Waals surface area contributed by atoms with Crippen molar-refractivity contribution in [3.8, 4) is 0 Å². The Morgan fingerprint density at radius 2 is 0.890 bits per heavy atom. The highest BCUT2D eigenvalue weighted by Gasteiger charge is 2.60. The van der Waals surface area contributed by atoms with E-state index in [1.807, 2.05) is 0 Å². The molecule has 45 heteroatoms. The lowest BCUT2D eigenvalue weighted by molar-refractivity contribution is -0.411. The Hall–Kier alpha value is -4.05. The molecule has 4 amide bonds. The fourth-order valence-electron chi connectivity index (χ4n) is 12.4. The molecular weight excluding hydrogens is 1370 g/mol. The van der Waals surface area contributed by atoms with E-state index in [9.17, 15) is 136 Å². The minimum Gasteiger partial charge on any atom is -0.544 e. The van der Waals surface area contributed by atoms with Gasteiger partial charge in [-0.2, -0.15) is 0 Å². The Morgan fingerprint density at radius 1 is 0.470 bits per heavy atom. The first kappa shape index (κ1) is 83.2. The Morgan fingerprint density at radius 3 is 1.37 bits per heavy atom. The topological polar surface area (TPSA) is 711 Å². The van der Waals surface area contributed by atoms with Gasteiger partial charge in [-0.3, -0.25) is 19.2 Å². The lowest BCUT2D eigenvalue weighted by Gasteiger charge is -2.52. The van der Waals surface area contributed by atoms with Gasteiger partial charge in [0.1, 0.15) is 171 Å². The predicted molar refractivity (Wildman–Crippen MR) is 305 cm³/mol. The monoisotopic (exact) mass is 1460 g/mol. The molecule has 7 rings (SSSR count). The van der Waals surface area contributed by atoms with Gasteiger partial charge in [-0.1, -0.05) is 0 Å². The van der Waals surface area contributed by atoms with Gasteiger partial charge in [0.15, 0.2) is 37.7 Å².